The predicted octanol–water partition coefficient (Wildman–Crippen LogP) is 2.69. The number of methoxy groups -OCH3 is 3. The average Bonchev–Trinajstić information content (AvgIpc) is 3.46. The van der Waals surface area contributed by atoms with Gasteiger partial charge < -0.3 is 33.7 Å². The number of amides is 1. The predicted molar refractivity (Wildman–Crippen MR) is 123 cm³/mol. The van der Waals surface area contributed by atoms with Crippen molar-refractivity contribution in [1.82, 2.24) is 4.90 Å². The minimum atomic E-state index is -0.280. The van der Waals surface area contributed by atoms with E-state index in [1.165, 1.54) is 21.3 Å². The van der Waals surface area contributed by atoms with Crippen molar-refractivity contribution < 1.29 is 38.4 Å². The van der Waals surface area contributed by atoms with Gasteiger partial charge in [-0.1, -0.05) is 0 Å². The van der Waals surface area contributed by atoms with Gasteiger partial charge in [-0.3, -0.25) is 9.59 Å². The van der Waals surface area contributed by atoms with Crippen LogP contribution in [0, 0.1) is 0 Å². The molecule has 0 saturated carbocycles. The molecule has 34 heavy (non-hydrogen) atoms. The van der Waals surface area contributed by atoms with Crippen LogP contribution in [0.25, 0.3) is 6.08 Å². The second-order valence-corrected chi connectivity index (χ2v) is 7.90. The van der Waals surface area contributed by atoms with Crippen molar-refractivity contribution >= 4 is 17.8 Å². The molecule has 0 unspecified atom stereocenters. The second-order valence-electron chi connectivity index (χ2n) is 7.90. The summed E-state index contributed by atoms with van der Waals surface area (Å²) < 4.78 is 27.5. The summed E-state index contributed by atoms with van der Waals surface area (Å²) in [6.07, 6.45) is 3.23. The summed E-state index contributed by atoms with van der Waals surface area (Å²) in [5.74, 6) is 1.88. The molecular formula is C25H27NO8. The first-order valence-corrected chi connectivity index (χ1v) is 10.9. The van der Waals surface area contributed by atoms with Gasteiger partial charge in [-0.05, 0) is 37.1 Å². The van der Waals surface area contributed by atoms with Gasteiger partial charge in [0.05, 0.1) is 39.5 Å². The molecule has 1 N–H and O–H groups in total. The second kappa shape index (κ2) is 10.0. The molecule has 2 heterocycles. The van der Waals surface area contributed by atoms with Crippen LogP contribution in [-0.4, -0.2) is 68.8 Å². The first-order chi connectivity index (χ1) is 16.5. The van der Waals surface area contributed by atoms with Crippen molar-refractivity contribution in [3.63, 3.8) is 0 Å². The van der Waals surface area contributed by atoms with Crippen molar-refractivity contribution in [2.24, 2.45) is 0 Å². The lowest BCUT2D eigenvalue weighted by atomic mass is 10.1. The van der Waals surface area contributed by atoms with E-state index in [4.69, 9.17) is 23.7 Å². The molecule has 0 aromatic heterocycles. The third kappa shape index (κ3) is 4.51. The van der Waals surface area contributed by atoms with Gasteiger partial charge in [-0.2, -0.15) is 0 Å². The van der Waals surface area contributed by atoms with E-state index in [9.17, 15) is 14.7 Å². The molecule has 1 amide bonds. The summed E-state index contributed by atoms with van der Waals surface area (Å²) in [5, 5.41) is 9.41. The number of ketones is 1. The number of rotatable bonds is 8. The summed E-state index contributed by atoms with van der Waals surface area (Å²) in [6, 6.07) is 8.03. The molecule has 1 fully saturated rings. The van der Waals surface area contributed by atoms with E-state index in [0.717, 1.165) is 12.8 Å². The molecule has 1 atom stereocenters. The summed E-state index contributed by atoms with van der Waals surface area (Å²) >= 11 is 0. The van der Waals surface area contributed by atoms with Crippen molar-refractivity contribution in [3.05, 3.63) is 47.2 Å². The van der Waals surface area contributed by atoms with Gasteiger partial charge in [0.1, 0.15) is 17.2 Å². The van der Waals surface area contributed by atoms with E-state index >= 15 is 0 Å². The van der Waals surface area contributed by atoms with Crippen LogP contribution < -0.4 is 23.7 Å². The fraction of sp³-hybridized carbons (Fsp3) is 0.360. The summed E-state index contributed by atoms with van der Waals surface area (Å²) in [6.45, 7) is 0.401. The monoisotopic (exact) mass is 469 g/mol. The maximum Gasteiger partial charge on any atom is 0.260 e. The van der Waals surface area contributed by atoms with E-state index in [2.05, 4.69) is 0 Å². The Kier molecular flexibility index (Phi) is 6.93. The normalized spacial score (nSPS) is 18.0. The number of hydrogen-bond donors (Lipinski definition) is 1. The van der Waals surface area contributed by atoms with Crippen LogP contribution in [0.2, 0.25) is 0 Å². The van der Waals surface area contributed by atoms with E-state index in [-0.39, 0.29) is 36.7 Å². The number of Topliss-reactive ketones (excluding diaryl/α,β-unsaturated/α-hetero) is 1. The highest BCUT2D eigenvalue weighted by molar-refractivity contribution is 6.14. The number of likely N-dealkylation sites (tertiary alicyclic amines) is 1. The standard InChI is InChI=1S/C25H27NO8/c1-30-19-12-22(32-3)21(31-2)9-15(19)10-23-25(29)18-7-6-17(11-20(18)34-23)33-14-24(28)26-8-4-5-16(26)13-27/h6-7,9-12,16,27H,4-5,8,13-14H2,1-3H3/t16-/m0/s1. The molecule has 2 aromatic carbocycles. The number of carbonyl (C=O) groups is 2. The van der Waals surface area contributed by atoms with E-state index in [1.54, 1.807) is 41.3 Å². The fourth-order valence-electron chi connectivity index (χ4n) is 4.15. The van der Waals surface area contributed by atoms with Crippen molar-refractivity contribution in [1.29, 1.82) is 0 Å². The van der Waals surface area contributed by atoms with Crippen LogP contribution in [-0.2, 0) is 4.79 Å². The Morgan fingerprint density at radius 3 is 2.56 bits per heavy atom. The number of benzene rings is 2. The van der Waals surface area contributed by atoms with Gasteiger partial charge in [-0.25, -0.2) is 0 Å². The number of nitrogens with zero attached hydrogens (tertiary/aromatic N) is 1. The zero-order valence-electron chi connectivity index (χ0n) is 19.3. The number of aliphatic hydroxyl groups excluding tert-OH is 1. The number of ether oxygens (including phenoxy) is 5. The van der Waals surface area contributed by atoms with Crippen molar-refractivity contribution in [2.45, 2.75) is 18.9 Å². The van der Waals surface area contributed by atoms with Crippen LogP contribution in [0.3, 0.4) is 0 Å². The molecule has 4 rings (SSSR count). The third-order valence-corrected chi connectivity index (χ3v) is 5.93. The molecular weight excluding hydrogens is 442 g/mol. The SMILES string of the molecule is COc1cc(OC)c(OC)cc1C=C1Oc2cc(OCC(=O)N3CCC[C@H]3CO)ccc2C1=O. The van der Waals surface area contributed by atoms with Gasteiger partial charge in [0.2, 0.25) is 5.78 Å². The maximum absolute atomic E-state index is 12.9. The largest absolute Gasteiger partial charge is 0.496 e. The van der Waals surface area contributed by atoms with E-state index in [0.29, 0.717) is 46.4 Å². The summed E-state index contributed by atoms with van der Waals surface area (Å²) in [5.41, 5.74) is 0.978. The van der Waals surface area contributed by atoms with Crippen LogP contribution >= 0.6 is 0 Å². The van der Waals surface area contributed by atoms with Crippen molar-refractivity contribution in [2.75, 3.05) is 41.1 Å². The Morgan fingerprint density at radius 2 is 1.85 bits per heavy atom. The van der Waals surface area contributed by atoms with Gasteiger partial charge in [0, 0.05) is 24.2 Å². The van der Waals surface area contributed by atoms with E-state index < -0.39 is 0 Å². The van der Waals surface area contributed by atoms with Gasteiger partial charge >= 0.3 is 0 Å². The molecule has 0 aliphatic carbocycles. The highest BCUT2D eigenvalue weighted by Crippen LogP contribution is 2.39. The highest BCUT2D eigenvalue weighted by Gasteiger charge is 2.30. The molecule has 180 valence electrons. The average molecular weight is 469 g/mol. The minimum absolute atomic E-state index is 0.0551. The molecule has 9 nitrogen and oxygen atoms in total. The quantitative estimate of drug-likeness (QED) is 0.589. The lowest BCUT2D eigenvalue weighted by Crippen LogP contribution is -2.40. The third-order valence-electron chi connectivity index (χ3n) is 5.93. The molecule has 0 radical (unpaired) electrons. The van der Waals surface area contributed by atoms with Crippen LogP contribution in [0.5, 0.6) is 28.7 Å². The Bertz CT molecular complexity index is 1130. The Morgan fingerprint density at radius 1 is 1.12 bits per heavy atom. The van der Waals surface area contributed by atoms with E-state index in [1.807, 2.05) is 0 Å². The Balaban J connectivity index is 1.50. The molecule has 0 spiro atoms. The van der Waals surface area contributed by atoms with Gasteiger partial charge in [0.25, 0.3) is 5.91 Å². The van der Waals surface area contributed by atoms with Crippen molar-refractivity contribution in [3.8, 4) is 28.7 Å². The van der Waals surface area contributed by atoms with Crippen LogP contribution in [0.1, 0.15) is 28.8 Å². The highest BCUT2D eigenvalue weighted by atomic mass is 16.5. The van der Waals surface area contributed by atoms with Crippen LogP contribution in [0.4, 0.5) is 0 Å². The number of carbonyl (C=O) groups excluding carboxylic acids is 2. The van der Waals surface area contributed by atoms with Gasteiger partial charge in [-0.15, -0.1) is 0 Å². The first-order valence-electron chi connectivity index (χ1n) is 10.9. The van der Waals surface area contributed by atoms with Gasteiger partial charge in [0.15, 0.2) is 23.9 Å². The lowest BCUT2D eigenvalue weighted by Gasteiger charge is -2.22. The topological polar surface area (TPSA) is 104 Å². The lowest BCUT2D eigenvalue weighted by molar-refractivity contribution is -0.134. The molecule has 9 heteroatoms. The van der Waals surface area contributed by atoms with Crippen LogP contribution in [0.15, 0.2) is 36.1 Å². The first kappa shape index (κ1) is 23.4. The number of hydrogen-bond acceptors (Lipinski definition) is 8. The molecule has 1 saturated heterocycles. The molecule has 0 bridgehead atoms. The summed E-state index contributed by atoms with van der Waals surface area (Å²) in [7, 11) is 4.57. The molecule has 2 aliphatic rings. The zero-order valence-corrected chi connectivity index (χ0v) is 19.3. The Labute approximate surface area is 197 Å². The molecule has 2 aliphatic heterocycles. The molecule has 2 aromatic rings. The summed E-state index contributed by atoms with van der Waals surface area (Å²) in [4.78, 5) is 27.0. The zero-order chi connectivity index (χ0) is 24.2. The Hall–Kier alpha value is -3.72. The minimum Gasteiger partial charge on any atom is -0.496 e. The smallest absolute Gasteiger partial charge is 0.260 e. The number of allylic oxidation sites excluding steroid dienone is 1. The fourth-order valence-corrected chi connectivity index (χ4v) is 4.15. The maximum atomic E-state index is 12.9. The number of aliphatic hydroxyl groups is 1. The number of fused-ring (bicyclic) bond motifs is 1.